The molecule has 3 aliphatic heterocycles. The molecule has 0 spiro atoms. The van der Waals surface area contributed by atoms with Gasteiger partial charge in [0.1, 0.15) is 10.8 Å². The highest BCUT2D eigenvalue weighted by Crippen LogP contribution is 2.42. The summed E-state index contributed by atoms with van der Waals surface area (Å²) in [7, 11) is 0. The molecule has 28 heavy (non-hydrogen) atoms. The van der Waals surface area contributed by atoms with Gasteiger partial charge in [0.25, 0.3) is 0 Å². The van der Waals surface area contributed by atoms with Crippen molar-refractivity contribution in [1.29, 1.82) is 0 Å². The highest BCUT2D eigenvalue weighted by atomic mass is 32.1. The fraction of sp³-hybridized carbons (Fsp3) is 0.619. The molecule has 0 radical (unpaired) electrons. The number of aromatic nitrogens is 2. The maximum Gasteiger partial charge on any atom is 0.151 e. The van der Waals surface area contributed by atoms with Crippen LogP contribution in [-0.4, -0.2) is 53.7 Å². The van der Waals surface area contributed by atoms with Crippen molar-refractivity contribution in [2.75, 3.05) is 44.3 Å². The highest BCUT2D eigenvalue weighted by molar-refractivity contribution is 7.05. The summed E-state index contributed by atoms with van der Waals surface area (Å²) in [5, 5.41) is 1.08. The number of anilines is 1. The van der Waals surface area contributed by atoms with Gasteiger partial charge in [-0.2, -0.15) is 4.37 Å². The zero-order valence-electron chi connectivity index (χ0n) is 16.1. The van der Waals surface area contributed by atoms with E-state index in [9.17, 15) is 4.39 Å². The van der Waals surface area contributed by atoms with Gasteiger partial charge in [0.15, 0.2) is 5.82 Å². The number of hydrogen-bond donors (Lipinski definition) is 0. The molecule has 0 saturated carbocycles. The second-order valence-corrected chi connectivity index (χ2v) is 9.06. The number of fused-ring (bicyclic) bond motifs is 1. The van der Waals surface area contributed by atoms with Gasteiger partial charge in [0.2, 0.25) is 0 Å². The molecule has 0 aliphatic carbocycles. The molecule has 4 heterocycles. The summed E-state index contributed by atoms with van der Waals surface area (Å²) < 4.78 is 24.9. The van der Waals surface area contributed by atoms with E-state index in [0.29, 0.717) is 5.92 Å². The number of ether oxygens (including phenoxy) is 1. The lowest BCUT2D eigenvalue weighted by atomic mass is 10.00. The maximum absolute atomic E-state index is 14.7. The second-order valence-electron chi connectivity index (χ2n) is 8.22. The van der Waals surface area contributed by atoms with Gasteiger partial charge in [-0.3, -0.25) is 4.90 Å². The Kier molecular flexibility index (Phi) is 5.30. The zero-order chi connectivity index (χ0) is 18.9. The molecule has 2 saturated heterocycles. The maximum atomic E-state index is 14.7. The van der Waals surface area contributed by atoms with E-state index in [1.165, 1.54) is 24.4 Å². The predicted octanol–water partition coefficient (Wildman–Crippen LogP) is 3.65. The Bertz CT molecular complexity index is 816. The summed E-state index contributed by atoms with van der Waals surface area (Å²) in [4.78, 5) is 9.54. The molecule has 7 heteroatoms. The zero-order valence-corrected chi connectivity index (χ0v) is 17.0. The van der Waals surface area contributed by atoms with Crippen molar-refractivity contribution in [3.05, 3.63) is 40.4 Å². The highest BCUT2D eigenvalue weighted by Gasteiger charge is 2.35. The Morgan fingerprint density at radius 1 is 1.18 bits per heavy atom. The van der Waals surface area contributed by atoms with Crippen molar-refractivity contribution in [3.8, 4) is 0 Å². The van der Waals surface area contributed by atoms with E-state index in [1.54, 1.807) is 6.07 Å². The van der Waals surface area contributed by atoms with Crippen molar-refractivity contribution in [2.24, 2.45) is 5.92 Å². The molecule has 1 aromatic heterocycles. The van der Waals surface area contributed by atoms with Crippen LogP contribution in [0, 0.1) is 11.7 Å². The minimum Gasteiger partial charge on any atom is -0.381 e. The van der Waals surface area contributed by atoms with Crippen LogP contribution in [-0.2, 0) is 11.3 Å². The summed E-state index contributed by atoms with van der Waals surface area (Å²) in [5.41, 5.74) is 1.80. The summed E-state index contributed by atoms with van der Waals surface area (Å²) in [6.45, 7) is 6.51. The Morgan fingerprint density at radius 3 is 2.82 bits per heavy atom. The van der Waals surface area contributed by atoms with E-state index < -0.39 is 0 Å². The number of halogens is 1. The molecule has 5 nitrogen and oxygen atoms in total. The van der Waals surface area contributed by atoms with Gasteiger partial charge in [-0.25, -0.2) is 9.37 Å². The van der Waals surface area contributed by atoms with Crippen LogP contribution in [0.2, 0.25) is 0 Å². The van der Waals surface area contributed by atoms with Crippen LogP contribution < -0.4 is 4.90 Å². The minimum absolute atomic E-state index is 0.0640. The van der Waals surface area contributed by atoms with Crippen molar-refractivity contribution in [3.63, 3.8) is 0 Å². The summed E-state index contributed by atoms with van der Waals surface area (Å²) in [5.74, 6) is 1.36. The standard InChI is InChI=1S/C21H27FN4OS/c22-18-5-3-4-16-17(13-26(20(16)18)12-15-6-10-27-11-7-15)21-23-19(28-24-21)14-25-8-1-2-9-25/h3-5,15,17H,1-2,6-14H2. The number of nitrogens with zero attached hydrogens (tertiary/aromatic N) is 4. The summed E-state index contributed by atoms with van der Waals surface area (Å²) >= 11 is 1.51. The predicted molar refractivity (Wildman–Crippen MR) is 108 cm³/mol. The first kappa shape index (κ1) is 18.5. The molecule has 3 aliphatic rings. The van der Waals surface area contributed by atoms with E-state index >= 15 is 0 Å². The number of benzene rings is 1. The van der Waals surface area contributed by atoms with Crippen LogP contribution in [0.25, 0.3) is 0 Å². The molecule has 1 aromatic carbocycles. The molecule has 1 unspecified atom stereocenters. The van der Waals surface area contributed by atoms with E-state index in [4.69, 9.17) is 9.72 Å². The number of para-hydroxylation sites is 1. The number of likely N-dealkylation sites (tertiary alicyclic amines) is 1. The van der Waals surface area contributed by atoms with Gasteiger partial charge in [-0.1, -0.05) is 12.1 Å². The first-order chi connectivity index (χ1) is 13.8. The summed E-state index contributed by atoms with van der Waals surface area (Å²) in [6, 6.07) is 5.44. The molecule has 0 bridgehead atoms. The lowest BCUT2D eigenvalue weighted by Gasteiger charge is -2.29. The average Bonchev–Trinajstić information content (AvgIpc) is 3.44. The number of hydrogen-bond acceptors (Lipinski definition) is 6. The van der Waals surface area contributed by atoms with Gasteiger partial charge in [0, 0.05) is 26.3 Å². The molecular formula is C21H27FN4OS. The van der Waals surface area contributed by atoms with Gasteiger partial charge < -0.3 is 9.64 Å². The van der Waals surface area contributed by atoms with Crippen molar-refractivity contribution >= 4 is 17.2 Å². The molecule has 150 valence electrons. The lowest BCUT2D eigenvalue weighted by molar-refractivity contribution is 0.0683. The quantitative estimate of drug-likeness (QED) is 0.764. The molecule has 1 atom stereocenters. The van der Waals surface area contributed by atoms with Crippen LogP contribution in [0.5, 0.6) is 0 Å². The minimum atomic E-state index is -0.125. The molecule has 5 rings (SSSR count). The first-order valence-corrected chi connectivity index (χ1v) is 11.2. The van der Waals surface area contributed by atoms with Crippen molar-refractivity contribution in [1.82, 2.24) is 14.3 Å². The van der Waals surface area contributed by atoms with Crippen LogP contribution in [0.15, 0.2) is 18.2 Å². The van der Waals surface area contributed by atoms with E-state index in [1.807, 2.05) is 12.1 Å². The molecule has 0 N–H and O–H groups in total. The molecule has 2 aromatic rings. The third kappa shape index (κ3) is 3.67. The fourth-order valence-electron chi connectivity index (χ4n) is 4.79. The smallest absolute Gasteiger partial charge is 0.151 e. The Hall–Kier alpha value is -1.57. The molecular weight excluding hydrogens is 375 g/mol. The van der Waals surface area contributed by atoms with Crippen LogP contribution in [0.1, 0.15) is 48.0 Å². The van der Waals surface area contributed by atoms with Gasteiger partial charge in [-0.15, -0.1) is 0 Å². The Labute approximate surface area is 169 Å². The van der Waals surface area contributed by atoms with E-state index in [2.05, 4.69) is 14.2 Å². The van der Waals surface area contributed by atoms with Crippen LogP contribution in [0.3, 0.4) is 0 Å². The SMILES string of the molecule is Fc1cccc2c1N(CC1CCOCC1)CC2c1nsc(CN2CCCC2)n1. The average molecular weight is 403 g/mol. The van der Waals surface area contributed by atoms with E-state index in [0.717, 1.165) is 80.9 Å². The fourth-order valence-corrected chi connectivity index (χ4v) is 5.53. The number of rotatable bonds is 5. The molecule has 0 amide bonds. The summed E-state index contributed by atoms with van der Waals surface area (Å²) in [6.07, 6.45) is 4.67. The lowest BCUT2D eigenvalue weighted by Crippen LogP contribution is -2.32. The van der Waals surface area contributed by atoms with Crippen LogP contribution >= 0.6 is 11.5 Å². The van der Waals surface area contributed by atoms with Crippen molar-refractivity contribution < 1.29 is 9.13 Å². The normalized spacial score (nSPS) is 23.5. The van der Waals surface area contributed by atoms with E-state index in [-0.39, 0.29) is 11.7 Å². The van der Waals surface area contributed by atoms with Crippen LogP contribution in [0.4, 0.5) is 10.1 Å². The largest absolute Gasteiger partial charge is 0.381 e. The van der Waals surface area contributed by atoms with Gasteiger partial charge in [0.05, 0.1) is 18.2 Å². The first-order valence-electron chi connectivity index (χ1n) is 10.4. The molecule has 2 fully saturated rings. The third-order valence-corrected chi connectivity index (χ3v) is 6.99. The van der Waals surface area contributed by atoms with Gasteiger partial charge >= 0.3 is 0 Å². The Morgan fingerprint density at radius 2 is 2.00 bits per heavy atom. The third-order valence-electron chi connectivity index (χ3n) is 6.29. The van der Waals surface area contributed by atoms with Gasteiger partial charge in [-0.05, 0) is 67.9 Å². The second kappa shape index (κ2) is 8.05. The monoisotopic (exact) mass is 402 g/mol. The Balaban J connectivity index is 1.36. The van der Waals surface area contributed by atoms with Crippen molar-refractivity contribution in [2.45, 2.75) is 38.1 Å². The topological polar surface area (TPSA) is 41.5 Å².